The molecule has 0 aliphatic rings. The second-order valence-corrected chi connectivity index (χ2v) is 8.55. The fourth-order valence-electron chi connectivity index (χ4n) is 2.86. The van der Waals surface area contributed by atoms with Crippen LogP contribution in [-0.4, -0.2) is 46.6 Å². The Hall–Kier alpha value is -2.19. The molecule has 0 fully saturated rings. The van der Waals surface area contributed by atoms with Crippen LogP contribution in [-0.2, 0) is 16.0 Å². The number of aliphatic hydroxyl groups is 2. The highest BCUT2D eigenvalue weighted by atomic mass is 35.5. The van der Waals surface area contributed by atoms with Crippen LogP contribution >= 0.6 is 34.8 Å². The van der Waals surface area contributed by atoms with E-state index in [2.05, 4.69) is 9.98 Å². The first-order valence-corrected chi connectivity index (χ1v) is 11.3. The van der Waals surface area contributed by atoms with E-state index < -0.39 is 23.6 Å². The quantitative estimate of drug-likeness (QED) is 0.147. The predicted octanol–water partition coefficient (Wildman–Crippen LogP) is 5.69. The second kappa shape index (κ2) is 12.3. The van der Waals surface area contributed by atoms with Crippen molar-refractivity contribution in [3.8, 4) is 0 Å². The van der Waals surface area contributed by atoms with Crippen molar-refractivity contribution in [1.82, 2.24) is 4.98 Å². The van der Waals surface area contributed by atoms with Gasteiger partial charge in [0.15, 0.2) is 0 Å². The molecular formula is C23H24Cl3FN2O4. The maximum Gasteiger partial charge on any atom is 0.343 e. The van der Waals surface area contributed by atoms with Crippen molar-refractivity contribution < 1.29 is 24.1 Å². The van der Waals surface area contributed by atoms with E-state index in [4.69, 9.17) is 39.5 Å². The lowest BCUT2D eigenvalue weighted by Gasteiger charge is -2.14. The van der Waals surface area contributed by atoms with Gasteiger partial charge in [0.1, 0.15) is 22.3 Å². The van der Waals surface area contributed by atoms with Gasteiger partial charge in [0, 0.05) is 23.9 Å². The zero-order chi connectivity index (χ0) is 24.7. The monoisotopic (exact) mass is 516 g/mol. The largest absolute Gasteiger partial charge is 0.506 e. The van der Waals surface area contributed by atoms with E-state index in [1.807, 2.05) is 13.8 Å². The summed E-state index contributed by atoms with van der Waals surface area (Å²) >= 11 is 18.3. The molecular weight excluding hydrogens is 494 g/mol. The lowest BCUT2D eigenvalue weighted by molar-refractivity contribution is -0.137. The van der Waals surface area contributed by atoms with Crippen LogP contribution in [0.25, 0.3) is 5.76 Å². The van der Waals surface area contributed by atoms with E-state index in [9.17, 15) is 19.4 Å². The van der Waals surface area contributed by atoms with Crippen molar-refractivity contribution in [3.63, 3.8) is 0 Å². The lowest BCUT2D eigenvalue weighted by atomic mass is 10.0. The SMILES string of the molecule is CCOC(=O)/C(C=N[C@H](CO)C(C)C)=C(\O)c1cc(Cc2cccc(Cl)c2F)nc(Cl)c1Cl. The average molecular weight is 518 g/mol. The number of benzene rings is 1. The number of aliphatic imine (C=N–C) groups is 1. The fraction of sp³-hybridized carbons (Fsp3) is 0.348. The minimum absolute atomic E-state index is 0.00583. The molecule has 0 spiro atoms. The molecule has 1 aromatic heterocycles. The molecule has 6 nitrogen and oxygen atoms in total. The third kappa shape index (κ3) is 6.90. The number of pyridine rings is 1. The number of hydrogen-bond donors (Lipinski definition) is 2. The van der Waals surface area contributed by atoms with Crippen LogP contribution in [0.2, 0.25) is 15.2 Å². The van der Waals surface area contributed by atoms with Gasteiger partial charge in [-0.05, 0) is 30.5 Å². The van der Waals surface area contributed by atoms with Crippen LogP contribution in [0.15, 0.2) is 34.8 Å². The third-order valence-corrected chi connectivity index (χ3v) is 5.78. The predicted molar refractivity (Wildman–Crippen MR) is 129 cm³/mol. The number of rotatable bonds is 9. The highest BCUT2D eigenvalue weighted by Crippen LogP contribution is 2.32. The standard InChI is InChI=1S/C23H24Cl3FN2O4/c1-4-33-23(32)16(10-28-18(11-30)12(2)3)21(31)15-9-14(29-22(26)19(15)25)8-13-6-5-7-17(24)20(13)27/h5-7,9-10,12,18,30-31H,4,8,11H2,1-3H3/b21-16-,28-10?/t18-/m1/s1. The Labute approximate surface area is 206 Å². The van der Waals surface area contributed by atoms with Gasteiger partial charge in [0.25, 0.3) is 0 Å². The van der Waals surface area contributed by atoms with Crippen LogP contribution in [0.3, 0.4) is 0 Å². The van der Waals surface area contributed by atoms with E-state index in [1.165, 1.54) is 12.1 Å². The number of esters is 1. The van der Waals surface area contributed by atoms with E-state index in [0.717, 1.165) is 6.21 Å². The molecule has 0 aliphatic carbocycles. The molecule has 2 rings (SSSR count). The minimum Gasteiger partial charge on any atom is -0.506 e. The summed E-state index contributed by atoms with van der Waals surface area (Å²) in [5.74, 6) is -2.00. The Morgan fingerprint density at radius 2 is 2.00 bits per heavy atom. The Morgan fingerprint density at radius 3 is 2.61 bits per heavy atom. The summed E-state index contributed by atoms with van der Waals surface area (Å²) in [6, 6.07) is 5.45. The normalized spacial score (nSPS) is 13.4. The third-order valence-electron chi connectivity index (χ3n) is 4.73. The van der Waals surface area contributed by atoms with Crippen LogP contribution in [0.4, 0.5) is 4.39 Å². The molecule has 0 unspecified atom stereocenters. The Balaban J connectivity index is 2.59. The maximum atomic E-state index is 14.3. The number of carbonyl (C=O) groups excluding carboxylic acids is 1. The van der Waals surface area contributed by atoms with Crippen molar-refractivity contribution in [1.29, 1.82) is 0 Å². The van der Waals surface area contributed by atoms with Crippen LogP contribution in [0, 0.1) is 11.7 Å². The smallest absolute Gasteiger partial charge is 0.343 e. The minimum atomic E-state index is -0.842. The summed E-state index contributed by atoms with van der Waals surface area (Å²) in [6.07, 6.45) is 1.14. The number of carbonyl (C=O) groups is 1. The lowest BCUT2D eigenvalue weighted by Crippen LogP contribution is -2.19. The van der Waals surface area contributed by atoms with Crippen LogP contribution in [0.5, 0.6) is 0 Å². The zero-order valence-corrected chi connectivity index (χ0v) is 20.5. The summed E-state index contributed by atoms with van der Waals surface area (Å²) in [6.45, 7) is 5.13. The van der Waals surface area contributed by atoms with Gasteiger partial charge in [-0.3, -0.25) is 4.99 Å². The number of halogens is 4. The Kier molecular flexibility index (Phi) is 10.1. The van der Waals surface area contributed by atoms with Gasteiger partial charge in [-0.15, -0.1) is 0 Å². The molecule has 0 saturated heterocycles. The van der Waals surface area contributed by atoms with Gasteiger partial charge in [-0.1, -0.05) is 60.8 Å². The highest BCUT2D eigenvalue weighted by molar-refractivity contribution is 6.42. The van der Waals surface area contributed by atoms with Gasteiger partial charge in [-0.2, -0.15) is 0 Å². The first kappa shape index (κ1) is 27.1. The molecule has 1 aromatic carbocycles. The molecule has 0 amide bonds. The first-order chi connectivity index (χ1) is 15.6. The molecule has 178 valence electrons. The number of aromatic nitrogens is 1. The first-order valence-electron chi connectivity index (χ1n) is 10.1. The molecule has 0 saturated carbocycles. The number of nitrogens with zero attached hydrogens (tertiary/aromatic N) is 2. The number of ether oxygens (including phenoxy) is 1. The number of hydrogen-bond acceptors (Lipinski definition) is 6. The van der Waals surface area contributed by atoms with Gasteiger partial charge in [0.05, 0.1) is 29.3 Å². The van der Waals surface area contributed by atoms with Crippen LogP contribution < -0.4 is 0 Å². The molecule has 2 aromatic rings. The van der Waals surface area contributed by atoms with Crippen molar-refractivity contribution in [3.05, 3.63) is 67.7 Å². The summed E-state index contributed by atoms with van der Waals surface area (Å²) < 4.78 is 19.4. The topological polar surface area (TPSA) is 92.0 Å². The fourth-order valence-corrected chi connectivity index (χ4v) is 3.45. The molecule has 0 radical (unpaired) electrons. The van der Waals surface area contributed by atoms with Crippen LogP contribution in [0.1, 0.15) is 37.6 Å². The molecule has 1 atom stereocenters. The summed E-state index contributed by atoms with van der Waals surface area (Å²) in [7, 11) is 0. The molecule has 0 bridgehead atoms. The van der Waals surface area contributed by atoms with E-state index >= 15 is 0 Å². The van der Waals surface area contributed by atoms with E-state index in [0.29, 0.717) is 0 Å². The van der Waals surface area contributed by atoms with Crippen molar-refractivity contribution in [2.75, 3.05) is 13.2 Å². The highest BCUT2D eigenvalue weighted by Gasteiger charge is 2.22. The van der Waals surface area contributed by atoms with Gasteiger partial charge in [-0.25, -0.2) is 14.2 Å². The van der Waals surface area contributed by atoms with Crippen molar-refractivity contribution >= 4 is 52.7 Å². The Bertz CT molecular complexity index is 1070. The summed E-state index contributed by atoms with van der Waals surface area (Å²) in [5.41, 5.74) is 0.258. The average Bonchev–Trinajstić information content (AvgIpc) is 2.76. The molecule has 10 heteroatoms. The molecule has 33 heavy (non-hydrogen) atoms. The summed E-state index contributed by atoms with van der Waals surface area (Å²) in [5, 5.41) is 20.2. The molecule has 1 heterocycles. The molecule has 2 N–H and O–H groups in total. The Morgan fingerprint density at radius 1 is 1.30 bits per heavy atom. The van der Waals surface area contributed by atoms with Gasteiger partial charge >= 0.3 is 5.97 Å². The molecule has 0 aliphatic heterocycles. The van der Waals surface area contributed by atoms with Crippen molar-refractivity contribution in [2.24, 2.45) is 10.9 Å². The van der Waals surface area contributed by atoms with Gasteiger partial charge in [0.2, 0.25) is 0 Å². The van der Waals surface area contributed by atoms with E-state index in [-0.39, 0.29) is 63.1 Å². The summed E-state index contributed by atoms with van der Waals surface area (Å²) in [4.78, 5) is 20.9. The second-order valence-electron chi connectivity index (χ2n) is 7.41. The van der Waals surface area contributed by atoms with Gasteiger partial charge < -0.3 is 14.9 Å². The maximum absolute atomic E-state index is 14.3. The number of aliphatic hydroxyl groups excluding tert-OH is 2. The van der Waals surface area contributed by atoms with Crippen molar-refractivity contribution in [2.45, 2.75) is 33.2 Å². The zero-order valence-electron chi connectivity index (χ0n) is 18.3. The van der Waals surface area contributed by atoms with E-state index in [1.54, 1.807) is 19.1 Å².